The first kappa shape index (κ1) is 24.8. The van der Waals surface area contributed by atoms with Gasteiger partial charge >= 0.3 is 5.69 Å². The normalized spacial score (nSPS) is 16.6. The van der Waals surface area contributed by atoms with Crippen molar-refractivity contribution in [1.29, 1.82) is 0 Å². The van der Waals surface area contributed by atoms with E-state index in [-0.39, 0.29) is 30.0 Å². The highest BCUT2D eigenvalue weighted by molar-refractivity contribution is 5.97. The summed E-state index contributed by atoms with van der Waals surface area (Å²) >= 11 is 0. The number of anilines is 2. The van der Waals surface area contributed by atoms with E-state index in [1.807, 2.05) is 26.0 Å². The Hall–Kier alpha value is -3.33. The van der Waals surface area contributed by atoms with Crippen molar-refractivity contribution in [2.45, 2.75) is 65.0 Å². The van der Waals surface area contributed by atoms with Crippen molar-refractivity contribution in [3.8, 4) is 0 Å². The number of para-hydroxylation sites is 1. The van der Waals surface area contributed by atoms with Crippen molar-refractivity contribution in [3.05, 3.63) is 56.9 Å². The van der Waals surface area contributed by atoms with Gasteiger partial charge in [0.25, 0.3) is 5.56 Å². The number of rotatable bonds is 9. The number of aromatic nitrogens is 3. The Morgan fingerprint density at radius 1 is 1.14 bits per heavy atom. The van der Waals surface area contributed by atoms with E-state index in [1.165, 1.54) is 9.47 Å². The number of aromatic amines is 2. The molecule has 0 radical (unpaired) electrons. The number of carbonyl (C=O) groups excluding carboxylic acids is 1. The first-order chi connectivity index (χ1) is 16.9. The van der Waals surface area contributed by atoms with Gasteiger partial charge in [-0.05, 0) is 49.7 Å². The summed E-state index contributed by atoms with van der Waals surface area (Å²) in [5, 5.41) is 1.15. The number of H-pyrrole nitrogens is 2. The predicted molar refractivity (Wildman–Crippen MR) is 140 cm³/mol. The average molecular weight is 481 g/mol. The molecule has 1 unspecified atom stereocenters. The number of carbonyl (C=O) groups is 1. The molecule has 4 rings (SSSR count). The lowest BCUT2D eigenvalue weighted by atomic mass is 9.99. The molecule has 9 heteroatoms. The van der Waals surface area contributed by atoms with Crippen molar-refractivity contribution in [2.75, 3.05) is 30.3 Å². The fraction of sp³-hybridized carbons (Fsp3) is 0.500. The van der Waals surface area contributed by atoms with Crippen LogP contribution in [0.25, 0.3) is 10.9 Å². The van der Waals surface area contributed by atoms with Crippen LogP contribution in [0.1, 0.15) is 64.1 Å². The molecule has 1 aliphatic heterocycles. The molecule has 1 aliphatic rings. The van der Waals surface area contributed by atoms with Crippen LogP contribution in [0.3, 0.4) is 0 Å². The van der Waals surface area contributed by atoms with E-state index in [2.05, 4.69) is 33.1 Å². The number of benzene rings is 1. The lowest BCUT2D eigenvalue weighted by Gasteiger charge is -2.36. The summed E-state index contributed by atoms with van der Waals surface area (Å²) < 4.78 is 1.34. The van der Waals surface area contributed by atoms with Crippen molar-refractivity contribution in [2.24, 2.45) is 0 Å². The van der Waals surface area contributed by atoms with Gasteiger partial charge in [-0.15, -0.1) is 0 Å². The Labute approximate surface area is 204 Å². The summed E-state index contributed by atoms with van der Waals surface area (Å²) in [6.07, 6.45) is 5.33. The summed E-state index contributed by atoms with van der Waals surface area (Å²) in [6.45, 7) is 5.68. The number of nitrogens with zero attached hydrogens (tertiary/aromatic N) is 3. The molecule has 1 amide bonds. The molecule has 1 fully saturated rings. The number of unbranched alkanes of at least 4 members (excludes halogenated alkanes) is 1. The molecular formula is C26H36N6O3. The second kappa shape index (κ2) is 10.9. The van der Waals surface area contributed by atoms with Gasteiger partial charge in [-0.2, -0.15) is 0 Å². The van der Waals surface area contributed by atoms with Crippen LogP contribution < -0.4 is 21.9 Å². The zero-order valence-electron chi connectivity index (χ0n) is 20.7. The summed E-state index contributed by atoms with van der Waals surface area (Å²) in [6, 6.07) is 10.4. The van der Waals surface area contributed by atoms with E-state index in [0.717, 1.165) is 55.2 Å². The maximum atomic E-state index is 13.7. The molecule has 0 saturated carbocycles. The molecule has 3 aromatic rings. The minimum Gasteiger partial charge on any atom is -0.383 e. The highest BCUT2D eigenvalue weighted by Crippen LogP contribution is 2.32. The number of nitrogen functional groups attached to an aromatic ring is 1. The molecule has 0 bridgehead atoms. The second-order valence-corrected chi connectivity index (χ2v) is 9.34. The van der Waals surface area contributed by atoms with Gasteiger partial charge in [-0.3, -0.25) is 24.0 Å². The van der Waals surface area contributed by atoms with Crippen molar-refractivity contribution in [3.63, 3.8) is 0 Å². The summed E-state index contributed by atoms with van der Waals surface area (Å²) in [5.74, 6) is -0.128. The fourth-order valence-electron chi connectivity index (χ4n) is 5.03. The van der Waals surface area contributed by atoms with Gasteiger partial charge in [-0.25, -0.2) is 4.79 Å². The third-order valence-electron chi connectivity index (χ3n) is 6.83. The molecule has 0 aliphatic carbocycles. The van der Waals surface area contributed by atoms with Gasteiger partial charge in [0.1, 0.15) is 5.82 Å². The molecule has 1 atom stereocenters. The van der Waals surface area contributed by atoms with Crippen LogP contribution in [0.2, 0.25) is 0 Å². The topological polar surface area (TPSA) is 120 Å². The summed E-state index contributed by atoms with van der Waals surface area (Å²) in [7, 11) is 0. The van der Waals surface area contributed by atoms with Gasteiger partial charge in [-0.1, -0.05) is 44.9 Å². The number of amides is 1. The zero-order chi connectivity index (χ0) is 24.9. The number of hydrogen-bond donors (Lipinski definition) is 3. The molecule has 9 nitrogen and oxygen atoms in total. The van der Waals surface area contributed by atoms with Crippen LogP contribution in [0.5, 0.6) is 0 Å². The van der Waals surface area contributed by atoms with Crippen LogP contribution in [0, 0.1) is 0 Å². The lowest BCUT2D eigenvalue weighted by Crippen LogP contribution is -2.47. The Morgan fingerprint density at radius 2 is 1.94 bits per heavy atom. The number of hydrogen-bond acceptors (Lipinski definition) is 5. The first-order valence-electron chi connectivity index (χ1n) is 12.7. The van der Waals surface area contributed by atoms with Gasteiger partial charge in [0.05, 0.1) is 12.6 Å². The van der Waals surface area contributed by atoms with Crippen molar-refractivity contribution < 1.29 is 4.79 Å². The van der Waals surface area contributed by atoms with Crippen LogP contribution >= 0.6 is 0 Å². The third kappa shape index (κ3) is 5.19. The number of nitrogens with one attached hydrogen (secondary N) is 2. The standard InChI is InChI=1S/C26H36N6O3/c1-3-5-15-31(23-24(27)32(13-4-2)26(35)29-25(23)34)22(33)17-30-14-9-8-12-21(30)20-16-18-10-6-7-11-19(18)28-20/h6-7,10-11,16,21,28H,3-5,8-9,12-15,17,27H2,1-2H3,(H,29,34,35). The maximum absolute atomic E-state index is 13.7. The average Bonchev–Trinajstić information content (AvgIpc) is 3.28. The van der Waals surface area contributed by atoms with E-state index in [1.54, 1.807) is 0 Å². The van der Waals surface area contributed by atoms with E-state index in [0.29, 0.717) is 19.5 Å². The van der Waals surface area contributed by atoms with Gasteiger partial charge in [0.15, 0.2) is 5.69 Å². The molecule has 188 valence electrons. The predicted octanol–water partition coefficient (Wildman–Crippen LogP) is 3.37. The maximum Gasteiger partial charge on any atom is 0.330 e. The molecule has 35 heavy (non-hydrogen) atoms. The SMILES string of the molecule is CCCCN(C(=O)CN1CCCCC1c1cc2ccccc2[nH]1)c1c(N)n(CCC)c(=O)[nH]c1=O. The molecule has 2 aromatic heterocycles. The van der Waals surface area contributed by atoms with E-state index >= 15 is 0 Å². The minimum atomic E-state index is -0.616. The van der Waals surface area contributed by atoms with Crippen molar-refractivity contribution in [1.82, 2.24) is 19.4 Å². The molecule has 3 heterocycles. The fourth-order valence-corrected chi connectivity index (χ4v) is 5.03. The molecule has 1 saturated heterocycles. The number of likely N-dealkylation sites (tertiary alicyclic amines) is 1. The number of fused-ring (bicyclic) bond motifs is 1. The van der Waals surface area contributed by atoms with E-state index in [9.17, 15) is 14.4 Å². The first-order valence-corrected chi connectivity index (χ1v) is 12.7. The molecule has 4 N–H and O–H groups in total. The number of piperidine rings is 1. The Balaban J connectivity index is 1.64. The van der Waals surface area contributed by atoms with Crippen LogP contribution in [0.15, 0.2) is 39.9 Å². The van der Waals surface area contributed by atoms with Gasteiger partial charge in [0, 0.05) is 24.3 Å². The third-order valence-corrected chi connectivity index (χ3v) is 6.83. The molecule has 0 spiro atoms. The molecule has 1 aromatic carbocycles. The largest absolute Gasteiger partial charge is 0.383 e. The van der Waals surface area contributed by atoms with Gasteiger partial charge in [0.2, 0.25) is 5.91 Å². The molecular weight excluding hydrogens is 444 g/mol. The number of nitrogens with two attached hydrogens (primary N) is 1. The lowest BCUT2D eigenvalue weighted by molar-refractivity contribution is -0.120. The van der Waals surface area contributed by atoms with Crippen LogP contribution in [0.4, 0.5) is 11.5 Å². The van der Waals surface area contributed by atoms with E-state index < -0.39 is 11.2 Å². The highest BCUT2D eigenvalue weighted by Gasteiger charge is 2.30. The Kier molecular flexibility index (Phi) is 7.75. The summed E-state index contributed by atoms with van der Waals surface area (Å²) in [4.78, 5) is 48.4. The van der Waals surface area contributed by atoms with Crippen LogP contribution in [-0.4, -0.2) is 45.0 Å². The smallest absolute Gasteiger partial charge is 0.330 e. The zero-order valence-corrected chi connectivity index (χ0v) is 20.7. The second-order valence-electron chi connectivity index (χ2n) is 9.34. The monoisotopic (exact) mass is 480 g/mol. The highest BCUT2D eigenvalue weighted by atomic mass is 16.2. The van der Waals surface area contributed by atoms with E-state index in [4.69, 9.17) is 5.73 Å². The minimum absolute atomic E-state index is 0.0517. The Bertz CT molecular complexity index is 1260. The Morgan fingerprint density at radius 3 is 2.69 bits per heavy atom. The summed E-state index contributed by atoms with van der Waals surface area (Å²) in [5.41, 5.74) is 7.41. The van der Waals surface area contributed by atoms with Gasteiger partial charge < -0.3 is 15.6 Å². The van der Waals surface area contributed by atoms with Crippen LogP contribution in [-0.2, 0) is 11.3 Å². The quantitative estimate of drug-likeness (QED) is 0.434. The van der Waals surface area contributed by atoms with Crippen molar-refractivity contribution >= 4 is 28.3 Å².